The van der Waals surface area contributed by atoms with Gasteiger partial charge in [0.15, 0.2) is 9.84 Å². The second-order valence-corrected chi connectivity index (χ2v) is 6.65. The van der Waals surface area contributed by atoms with E-state index < -0.39 is 15.1 Å². The Hall–Kier alpha value is -1.55. The molecule has 0 unspecified atom stereocenters. The third-order valence-electron chi connectivity index (χ3n) is 2.88. The van der Waals surface area contributed by atoms with Gasteiger partial charge in [0.05, 0.1) is 22.7 Å². The standard InChI is InChI=1S/C14H16O3S/c1-11(2)14(12-8-9-17-10-12)18(15,16)13-6-4-3-5-7-13/h3-11,14H,1-2H3/t14-/m0/s1. The van der Waals surface area contributed by atoms with Crippen molar-refractivity contribution >= 4 is 9.84 Å². The van der Waals surface area contributed by atoms with Gasteiger partial charge in [-0.2, -0.15) is 0 Å². The van der Waals surface area contributed by atoms with Gasteiger partial charge in [-0.1, -0.05) is 32.0 Å². The zero-order chi connectivity index (χ0) is 13.2. The summed E-state index contributed by atoms with van der Waals surface area (Å²) < 4.78 is 30.3. The summed E-state index contributed by atoms with van der Waals surface area (Å²) in [5, 5.41) is -0.571. The number of furan rings is 1. The van der Waals surface area contributed by atoms with E-state index in [4.69, 9.17) is 4.42 Å². The van der Waals surface area contributed by atoms with Crippen LogP contribution in [0.2, 0.25) is 0 Å². The van der Waals surface area contributed by atoms with Crippen LogP contribution < -0.4 is 0 Å². The van der Waals surface area contributed by atoms with Gasteiger partial charge in [-0.25, -0.2) is 8.42 Å². The van der Waals surface area contributed by atoms with Crippen molar-refractivity contribution in [2.75, 3.05) is 0 Å². The molecule has 0 amide bonds. The number of hydrogen-bond donors (Lipinski definition) is 0. The van der Waals surface area contributed by atoms with E-state index in [1.165, 1.54) is 12.5 Å². The van der Waals surface area contributed by atoms with E-state index in [0.717, 1.165) is 0 Å². The first-order valence-electron chi connectivity index (χ1n) is 5.84. The fourth-order valence-corrected chi connectivity index (χ4v) is 4.15. The van der Waals surface area contributed by atoms with Gasteiger partial charge >= 0.3 is 0 Å². The maximum absolute atomic E-state index is 12.6. The zero-order valence-corrected chi connectivity index (χ0v) is 11.2. The molecular weight excluding hydrogens is 248 g/mol. The lowest BCUT2D eigenvalue weighted by Gasteiger charge is -2.20. The SMILES string of the molecule is CC(C)[C@@H](c1ccoc1)S(=O)(=O)c1ccccc1. The maximum atomic E-state index is 12.6. The molecule has 0 bridgehead atoms. The quantitative estimate of drug-likeness (QED) is 0.849. The first-order chi connectivity index (χ1) is 8.53. The van der Waals surface area contributed by atoms with Crippen LogP contribution in [0.25, 0.3) is 0 Å². The van der Waals surface area contributed by atoms with Gasteiger partial charge in [-0.05, 0) is 24.1 Å². The molecule has 1 aromatic carbocycles. The fourth-order valence-electron chi connectivity index (χ4n) is 2.12. The monoisotopic (exact) mass is 264 g/mol. The molecule has 0 aliphatic carbocycles. The highest BCUT2D eigenvalue weighted by atomic mass is 32.2. The van der Waals surface area contributed by atoms with Gasteiger partial charge in [0, 0.05) is 5.56 Å². The molecule has 1 atom stereocenters. The first-order valence-corrected chi connectivity index (χ1v) is 7.39. The summed E-state index contributed by atoms with van der Waals surface area (Å²) in [6.45, 7) is 3.80. The summed E-state index contributed by atoms with van der Waals surface area (Å²) in [6.07, 6.45) is 3.01. The van der Waals surface area contributed by atoms with Gasteiger partial charge in [0.2, 0.25) is 0 Å². The predicted octanol–water partition coefficient (Wildman–Crippen LogP) is 3.45. The van der Waals surface area contributed by atoms with E-state index >= 15 is 0 Å². The van der Waals surface area contributed by atoms with Gasteiger partial charge in [-0.3, -0.25) is 0 Å². The highest BCUT2D eigenvalue weighted by Gasteiger charge is 2.32. The number of hydrogen-bond acceptors (Lipinski definition) is 3. The van der Waals surface area contributed by atoms with E-state index in [-0.39, 0.29) is 5.92 Å². The number of rotatable bonds is 4. The Morgan fingerprint density at radius 3 is 2.22 bits per heavy atom. The summed E-state index contributed by atoms with van der Waals surface area (Å²) in [7, 11) is -3.38. The molecule has 3 nitrogen and oxygen atoms in total. The van der Waals surface area contributed by atoms with Gasteiger partial charge < -0.3 is 4.42 Å². The van der Waals surface area contributed by atoms with Crippen LogP contribution in [0, 0.1) is 5.92 Å². The molecule has 0 saturated carbocycles. The van der Waals surface area contributed by atoms with Crippen molar-refractivity contribution in [2.45, 2.75) is 24.0 Å². The van der Waals surface area contributed by atoms with Crippen LogP contribution in [0.1, 0.15) is 24.7 Å². The molecule has 0 radical (unpaired) electrons. The van der Waals surface area contributed by atoms with Crippen LogP contribution in [0.15, 0.2) is 58.2 Å². The van der Waals surface area contributed by atoms with E-state index in [9.17, 15) is 8.42 Å². The van der Waals surface area contributed by atoms with Gasteiger partial charge in [0.1, 0.15) is 0 Å². The third-order valence-corrected chi connectivity index (χ3v) is 5.30. The lowest BCUT2D eigenvalue weighted by molar-refractivity contribution is 0.528. The molecule has 96 valence electrons. The van der Waals surface area contributed by atoms with Crippen molar-refractivity contribution in [2.24, 2.45) is 5.92 Å². The Morgan fingerprint density at radius 2 is 1.72 bits per heavy atom. The van der Waals surface area contributed by atoms with Crippen molar-refractivity contribution < 1.29 is 12.8 Å². The molecule has 18 heavy (non-hydrogen) atoms. The summed E-state index contributed by atoms with van der Waals surface area (Å²) in [6, 6.07) is 10.3. The maximum Gasteiger partial charge on any atom is 0.185 e. The van der Waals surface area contributed by atoms with Crippen LogP contribution in [-0.2, 0) is 9.84 Å². The number of sulfone groups is 1. The molecule has 0 fully saturated rings. The van der Waals surface area contributed by atoms with Gasteiger partial charge in [-0.15, -0.1) is 0 Å². The van der Waals surface area contributed by atoms with Crippen LogP contribution in [-0.4, -0.2) is 8.42 Å². The molecule has 0 aliphatic rings. The molecule has 2 aromatic rings. The van der Waals surface area contributed by atoms with Crippen LogP contribution >= 0.6 is 0 Å². The second kappa shape index (κ2) is 4.98. The van der Waals surface area contributed by atoms with Crippen molar-refractivity contribution in [3.63, 3.8) is 0 Å². The Kier molecular flexibility index (Phi) is 3.57. The normalized spacial score (nSPS) is 13.7. The molecule has 4 heteroatoms. The van der Waals surface area contributed by atoms with Crippen LogP contribution in [0.3, 0.4) is 0 Å². The lowest BCUT2D eigenvalue weighted by atomic mass is 10.1. The summed E-state index contributed by atoms with van der Waals surface area (Å²) >= 11 is 0. The average molecular weight is 264 g/mol. The Balaban J connectivity index is 2.50. The Morgan fingerprint density at radius 1 is 1.06 bits per heavy atom. The van der Waals surface area contributed by atoms with Crippen LogP contribution in [0.4, 0.5) is 0 Å². The summed E-state index contributed by atoms with van der Waals surface area (Å²) in [4.78, 5) is 0.352. The molecule has 2 rings (SSSR count). The van der Waals surface area contributed by atoms with E-state index in [0.29, 0.717) is 10.5 Å². The largest absolute Gasteiger partial charge is 0.472 e. The Labute approximate surface area is 107 Å². The highest BCUT2D eigenvalue weighted by Crippen LogP contribution is 2.35. The minimum absolute atomic E-state index is 0.0205. The van der Waals surface area contributed by atoms with E-state index in [2.05, 4.69) is 0 Å². The summed E-state index contributed by atoms with van der Waals surface area (Å²) in [5.74, 6) is -0.0205. The highest BCUT2D eigenvalue weighted by molar-refractivity contribution is 7.91. The van der Waals surface area contributed by atoms with Crippen molar-refractivity contribution in [1.29, 1.82) is 0 Å². The zero-order valence-electron chi connectivity index (χ0n) is 10.4. The molecule has 0 N–H and O–H groups in total. The predicted molar refractivity (Wildman–Crippen MR) is 69.9 cm³/mol. The van der Waals surface area contributed by atoms with Crippen molar-refractivity contribution in [3.8, 4) is 0 Å². The van der Waals surface area contributed by atoms with Crippen molar-refractivity contribution in [1.82, 2.24) is 0 Å². The van der Waals surface area contributed by atoms with Crippen LogP contribution in [0.5, 0.6) is 0 Å². The summed E-state index contributed by atoms with van der Waals surface area (Å²) in [5.41, 5.74) is 0.703. The first kappa shape index (κ1) is 12.9. The number of benzene rings is 1. The molecular formula is C14H16O3S. The molecule has 0 saturated heterocycles. The van der Waals surface area contributed by atoms with Gasteiger partial charge in [0.25, 0.3) is 0 Å². The van der Waals surface area contributed by atoms with E-state index in [1.54, 1.807) is 36.4 Å². The fraction of sp³-hybridized carbons (Fsp3) is 0.286. The third kappa shape index (κ3) is 2.34. The second-order valence-electron chi connectivity index (χ2n) is 4.58. The van der Waals surface area contributed by atoms with E-state index in [1.807, 2.05) is 13.8 Å². The minimum Gasteiger partial charge on any atom is -0.472 e. The molecule has 1 heterocycles. The van der Waals surface area contributed by atoms with Crippen molar-refractivity contribution in [3.05, 3.63) is 54.5 Å². The Bertz CT molecular complexity index is 583. The lowest BCUT2D eigenvalue weighted by Crippen LogP contribution is -2.18. The molecule has 0 aliphatic heterocycles. The smallest absolute Gasteiger partial charge is 0.185 e. The minimum atomic E-state index is -3.38. The molecule has 0 spiro atoms. The molecule has 1 aromatic heterocycles. The average Bonchev–Trinajstić information content (AvgIpc) is 2.83. The topological polar surface area (TPSA) is 47.3 Å².